The van der Waals surface area contributed by atoms with Crippen LogP contribution in [0.1, 0.15) is 24.3 Å². The molecule has 0 amide bonds. The molecule has 0 aliphatic carbocycles. The van der Waals surface area contributed by atoms with Gasteiger partial charge in [0, 0.05) is 5.56 Å². The normalized spacial score (nSPS) is 10.2. The molecule has 6 heteroatoms. The molecule has 1 aromatic carbocycles. The van der Waals surface area contributed by atoms with E-state index >= 15 is 0 Å². The fraction of sp³-hybridized carbons (Fsp3) is 0.267. The van der Waals surface area contributed by atoms with Gasteiger partial charge in [-0.3, -0.25) is 0 Å². The van der Waals surface area contributed by atoms with Gasteiger partial charge in [0.2, 0.25) is 5.95 Å². The maximum atomic E-state index is 11.8. The third-order valence-corrected chi connectivity index (χ3v) is 2.67. The van der Waals surface area contributed by atoms with Crippen LogP contribution in [0.3, 0.4) is 0 Å². The number of hydrogen-bond donors (Lipinski definition) is 1. The second-order valence-electron chi connectivity index (χ2n) is 4.18. The molecule has 0 saturated carbocycles. The summed E-state index contributed by atoms with van der Waals surface area (Å²) in [5.41, 5.74) is 7.15. The summed E-state index contributed by atoms with van der Waals surface area (Å²) in [4.78, 5) is 19.8. The minimum Gasteiger partial charge on any atom is -0.494 e. The van der Waals surface area contributed by atoms with Crippen molar-refractivity contribution in [3.05, 3.63) is 36.0 Å². The van der Waals surface area contributed by atoms with E-state index in [9.17, 15) is 4.79 Å². The summed E-state index contributed by atoms with van der Waals surface area (Å²) >= 11 is 0. The Morgan fingerprint density at radius 1 is 1.19 bits per heavy atom. The largest absolute Gasteiger partial charge is 0.494 e. The zero-order valence-electron chi connectivity index (χ0n) is 12.0. The van der Waals surface area contributed by atoms with Gasteiger partial charge in [-0.1, -0.05) is 12.1 Å². The molecule has 0 aliphatic heterocycles. The molecule has 0 fully saturated rings. The van der Waals surface area contributed by atoms with E-state index in [0.29, 0.717) is 12.3 Å². The van der Waals surface area contributed by atoms with Gasteiger partial charge >= 0.3 is 5.97 Å². The highest BCUT2D eigenvalue weighted by Gasteiger charge is 2.13. The molecule has 0 saturated heterocycles. The first-order valence-corrected chi connectivity index (χ1v) is 6.69. The van der Waals surface area contributed by atoms with E-state index in [-0.39, 0.29) is 18.2 Å². The highest BCUT2D eigenvalue weighted by Crippen LogP contribution is 2.23. The number of aromatic nitrogens is 2. The molecular formula is C15H17N3O3. The number of anilines is 1. The zero-order chi connectivity index (χ0) is 15.2. The summed E-state index contributed by atoms with van der Waals surface area (Å²) in [6.45, 7) is 4.49. The summed E-state index contributed by atoms with van der Waals surface area (Å²) in [6.07, 6.45) is 0. The Morgan fingerprint density at radius 3 is 2.71 bits per heavy atom. The Morgan fingerprint density at radius 2 is 2.00 bits per heavy atom. The minimum absolute atomic E-state index is 0.0253. The topological polar surface area (TPSA) is 87.3 Å². The van der Waals surface area contributed by atoms with Crippen LogP contribution in [0.25, 0.3) is 11.3 Å². The number of esters is 1. The van der Waals surface area contributed by atoms with Crippen LogP contribution in [0.4, 0.5) is 5.95 Å². The first-order chi connectivity index (χ1) is 10.1. The summed E-state index contributed by atoms with van der Waals surface area (Å²) in [5, 5.41) is 0. The van der Waals surface area contributed by atoms with Crippen LogP contribution < -0.4 is 10.5 Å². The molecule has 0 bridgehead atoms. The number of nitrogen functional groups attached to an aromatic ring is 1. The van der Waals surface area contributed by atoms with Crippen LogP contribution in [0.2, 0.25) is 0 Å². The summed E-state index contributed by atoms with van der Waals surface area (Å²) in [7, 11) is 0. The number of benzene rings is 1. The average Bonchev–Trinajstić information content (AvgIpc) is 2.47. The van der Waals surface area contributed by atoms with Crippen LogP contribution in [-0.2, 0) is 4.74 Å². The summed E-state index contributed by atoms with van der Waals surface area (Å²) in [6, 6.07) is 8.95. The molecule has 21 heavy (non-hydrogen) atoms. The first-order valence-electron chi connectivity index (χ1n) is 6.69. The lowest BCUT2D eigenvalue weighted by atomic mass is 10.1. The third-order valence-electron chi connectivity index (χ3n) is 2.67. The van der Waals surface area contributed by atoms with Gasteiger partial charge in [0.1, 0.15) is 5.75 Å². The number of hydrogen-bond acceptors (Lipinski definition) is 6. The molecule has 0 spiro atoms. The molecule has 2 rings (SSSR count). The van der Waals surface area contributed by atoms with E-state index in [0.717, 1.165) is 11.3 Å². The van der Waals surface area contributed by atoms with Crippen LogP contribution in [0, 0.1) is 0 Å². The predicted molar refractivity (Wildman–Crippen MR) is 79.0 cm³/mol. The molecule has 0 unspecified atom stereocenters. The van der Waals surface area contributed by atoms with E-state index in [2.05, 4.69) is 9.97 Å². The van der Waals surface area contributed by atoms with E-state index in [1.807, 2.05) is 31.2 Å². The van der Waals surface area contributed by atoms with Crippen molar-refractivity contribution in [3.8, 4) is 17.0 Å². The molecule has 0 aliphatic rings. The van der Waals surface area contributed by atoms with Crippen molar-refractivity contribution < 1.29 is 14.3 Å². The Kier molecular flexibility index (Phi) is 4.71. The fourth-order valence-electron chi connectivity index (χ4n) is 1.84. The van der Waals surface area contributed by atoms with Crippen molar-refractivity contribution in [1.29, 1.82) is 0 Å². The van der Waals surface area contributed by atoms with E-state index in [4.69, 9.17) is 15.2 Å². The van der Waals surface area contributed by atoms with Gasteiger partial charge in [0.05, 0.1) is 18.9 Å². The molecule has 6 nitrogen and oxygen atoms in total. The van der Waals surface area contributed by atoms with E-state index in [1.165, 1.54) is 0 Å². The lowest BCUT2D eigenvalue weighted by molar-refractivity contribution is 0.0519. The Balaban J connectivity index is 2.39. The van der Waals surface area contributed by atoms with Crippen molar-refractivity contribution in [3.63, 3.8) is 0 Å². The Hall–Kier alpha value is -2.63. The second kappa shape index (κ2) is 6.69. The van der Waals surface area contributed by atoms with Gasteiger partial charge in [0.25, 0.3) is 0 Å². The quantitative estimate of drug-likeness (QED) is 0.849. The van der Waals surface area contributed by atoms with Gasteiger partial charge in [-0.05, 0) is 32.0 Å². The number of carbonyl (C=O) groups is 1. The lowest BCUT2D eigenvalue weighted by Crippen LogP contribution is -2.10. The second-order valence-corrected chi connectivity index (χ2v) is 4.18. The minimum atomic E-state index is -0.520. The monoisotopic (exact) mass is 287 g/mol. The summed E-state index contributed by atoms with van der Waals surface area (Å²) < 4.78 is 10.4. The third kappa shape index (κ3) is 3.68. The zero-order valence-corrected chi connectivity index (χ0v) is 12.0. The molecule has 1 aromatic heterocycles. The van der Waals surface area contributed by atoms with Gasteiger partial charge in [0.15, 0.2) is 5.69 Å². The van der Waals surface area contributed by atoms with Crippen LogP contribution in [0.5, 0.6) is 5.75 Å². The van der Waals surface area contributed by atoms with E-state index < -0.39 is 5.97 Å². The standard InChI is InChI=1S/C15H17N3O3/c1-3-20-11-7-5-6-10(8-11)12-9-13(14(19)21-4-2)18-15(16)17-12/h5-9H,3-4H2,1-2H3,(H2,16,17,18). The Bertz CT molecular complexity index is 644. The predicted octanol–water partition coefficient (Wildman–Crippen LogP) is 2.30. The lowest BCUT2D eigenvalue weighted by Gasteiger charge is -2.08. The molecular weight excluding hydrogens is 270 g/mol. The molecule has 0 radical (unpaired) electrons. The average molecular weight is 287 g/mol. The molecule has 2 N–H and O–H groups in total. The van der Waals surface area contributed by atoms with Crippen molar-refractivity contribution in [1.82, 2.24) is 9.97 Å². The molecule has 110 valence electrons. The fourth-order valence-corrected chi connectivity index (χ4v) is 1.84. The highest BCUT2D eigenvalue weighted by atomic mass is 16.5. The number of nitrogens with two attached hydrogens (primary N) is 1. The SMILES string of the molecule is CCOC(=O)c1cc(-c2cccc(OCC)c2)nc(N)n1. The van der Waals surface area contributed by atoms with Gasteiger partial charge < -0.3 is 15.2 Å². The maximum Gasteiger partial charge on any atom is 0.357 e. The summed E-state index contributed by atoms with van der Waals surface area (Å²) in [5.74, 6) is 0.232. The first kappa shape index (κ1) is 14.8. The molecule has 1 heterocycles. The van der Waals surface area contributed by atoms with Crippen molar-refractivity contribution in [2.45, 2.75) is 13.8 Å². The number of carbonyl (C=O) groups excluding carboxylic acids is 1. The van der Waals surface area contributed by atoms with Crippen molar-refractivity contribution >= 4 is 11.9 Å². The van der Waals surface area contributed by atoms with Crippen LogP contribution in [-0.4, -0.2) is 29.2 Å². The van der Waals surface area contributed by atoms with Gasteiger partial charge in [-0.2, -0.15) is 0 Å². The number of nitrogens with zero attached hydrogens (tertiary/aromatic N) is 2. The van der Waals surface area contributed by atoms with E-state index in [1.54, 1.807) is 13.0 Å². The van der Waals surface area contributed by atoms with Crippen LogP contribution in [0.15, 0.2) is 30.3 Å². The smallest absolute Gasteiger partial charge is 0.357 e. The van der Waals surface area contributed by atoms with Gasteiger partial charge in [-0.15, -0.1) is 0 Å². The van der Waals surface area contributed by atoms with Gasteiger partial charge in [-0.25, -0.2) is 14.8 Å². The highest BCUT2D eigenvalue weighted by molar-refractivity contribution is 5.88. The molecule has 0 atom stereocenters. The number of ether oxygens (including phenoxy) is 2. The maximum absolute atomic E-state index is 11.8. The van der Waals surface area contributed by atoms with Crippen molar-refractivity contribution in [2.75, 3.05) is 18.9 Å². The van der Waals surface area contributed by atoms with Crippen molar-refractivity contribution in [2.24, 2.45) is 0 Å². The Labute approximate surface area is 122 Å². The van der Waals surface area contributed by atoms with Crippen LogP contribution >= 0.6 is 0 Å². The molecule has 2 aromatic rings. The number of rotatable bonds is 5.